The molecule has 0 saturated carbocycles. The van der Waals surface area contributed by atoms with Crippen LogP contribution in [0.1, 0.15) is 51.2 Å². The van der Waals surface area contributed by atoms with Crippen LogP contribution in [-0.2, 0) is 0 Å². The third-order valence-electron chi connectivity index (χ3n) is 4.34. The predicted octanol–water partition coefficient (Wildman–Crippen LogP) is 5.43. The number of benzene rings is 2. The second-order valence-electron chi connectivity index (χ2n) is 6.21. The lowest BCUT2D eigenvalue weighted by atomic mass is 9.99. The van der Waals surface area contributed by atoms with Crippen LogP contribution >= 0.6 is 11.6 Å². The van der Waals surface area contributed by atoms with Crippen LogP contribution in [0.3, 0.4) is 0 Å². The maximum Gasteiger partial charge on any atom is 0.0937 e. The minimum absolute atomic E-state index is 0.553. The van der Waals surface area contributed by atoms with Crippen LogP contribution in [0.15, 0.2) is 36.4 Å². The molecule has 0 spiro atoms. The molecule has 0 aromatic heterocycles. The average Bonchev–Trinajstić information content (AvgIpc) is 2.56. The molecule has 0 bridgehead atoms. The van der Waals surface area contributed by atoms with Crippen LogP contribution in [0.25, 0.3) is 10.8 Å². The van der Waals surface area contributed by atoms with Gasteiger partial charge in [-0.2, -0.15) is 0 Å². The van der Waals surface area contributed by atoms with Crippen molar-refractivity contribution in [3.8, 4) is 0 Å². The van der Waals surface area contributed by atoms with E-state index in [0.29, 0.717) is 11.6 Å². The molecule has 2 nitrogen and oxygen atoms in total. The number of rotatable bonds is 9. The van der Waals surface area contributed by atoms with E-state index in [1.54, 1.807) is 0 Å². The van der Waals surface area contributed by atoms with Gasteiger partial charge in [-0.15, -0.1) is 0 Å². The van der Waals surface area contributed by atoms with E-state index in [-0.39, 0.29) is 0 Å². The third-order valence-corrected chi connectivity index (χ3v) is 4.67. The number of halogens is 1. The van der Waals surface area contributed by atoms with Crippen LogP contribution in [0.2, 0.25) is 5.02 Å². The highest BCUT2D eigenvalue weighted by atomic mass is 35.5. The molecule has 23 heavy (non-hydrogen) atoms. The number of hydrogen-bond donors (Lipinski definition) is 1. The van der Waals surface area contributed by atoms with Gasteiger partial charge in [-0.1, -0.05) is 68.6 Å². The first-order valence-corrected chi connectivity index (χ1v) is 9.12. The summed E-state index contributed by atoms with van der Waals surface area (Å²) in [6.07, 6.45) is 4.13. The monoisotopic (exact) mass is 333 g/mol. The summed E-state index contributed by atoms with van der Waals surface area (Å²) in [6, 6.07) is 12.0. The molecule has 2 rings (SSSR count). The molecule has 3 heteroatoms. The Morgan fingerprint density at radius 1 is 1.00 bits per heavy atom. The Labute approximate surface area is 145 Å². The van der Waals surface area contributed by atoms with Crippen molar-refractivity contribution in [2.45, 2.75) is 45.6 Å². The molecular formula is C20H28ClNO. The minimum atomic E-state index is -0.553. The van der Waals surface area contributed by atoms with Gasteiger partial charge >= 0.3 is 0 Å². The summed E-state index contributed by atoms with van der Waals surface area (Å²) in [5.74, 6) is 0. The highest BCUT2D eigenvalue weighted by Crippen LogP contribution is 2.31. The molecule has 1 atom stereocenters. The molecule has 0 aliphatic rings. The first-order chi connectivity index (χ1) is 11.2. The number of nitrogens with zero attached hydrogens (tertiary/aromatic N) is 1. The third kappa shape index (κ3) is 4.94. The topological polar surface area (TPSA) is 23.5 Å². The fourth-order valence-electron chi connectivity index (χ4n) is 3.00. The molecule has 2 aromatic rings. The summed E-state index contributed by atoms with van der Waals surface area (Å²) in [4.78, 5) is 2.37. The Hall–Kier alpha value is -1.09. The zero-order valence-electron chi connectivity index (χ0n) is 14.3. The minimum Gasteiger partial charge on any atom is -0.387 e. The van der Waals surface area contributed by atoms with Gasteiger partial charge in [0, 0.05) is 17.1 Å². The molecule has 1 N–H and O–H groups in total. The molecule has 0 radical (unpaired) electrons. The van der Waals surface area contributed by atoms with Crippen LogP contribution in [0, 0.1) is 0 Å². The van der Waals surface area contributed by atoms with Crippen molar-refractivity contribution in [1.82, 2.24) is 4.90 Å². The summed E-state index contributed by atoms with van der Waals surface area (Å²) >= 11 is 6.41. The second-order valence-corrected chi connectivity index (χ2v) is 6.61. The molecule has 0 aliphatic heterocycles. The second kappa shape index (κ2) is 9.27. The molecule has 0 heterocycles. The summed E-state index contributed by atoms with van der Waals surface area (Å²) in [6.45, 7) is 7.13. The van der Waals surface area contributed by atoms with Crippen LogP contribution in [0.4, 0.5) is 0 Å². The first-order valence-electron chi connectivity index (χ1n) is 8.75. The Bertz CT molecular complexity index is 606. The summed E-state index contributed by atoms with van der Waals surface area (Å²) in [7, 11) is 0. The van der Waals surface area contributed by atoms with Gasteiger partial charge in [-0.05, 0) is 42.8 Å². The quantitative estimate of drug-likeness (QED) is 0.661. The van der Waals surface area contributed by atoms with Crippen LogP contribution in [0.5, 0.6) is 0 Å². The van der Waals surface area contributed by atoms with Gasteiger partial charge in [0.25, 0.3) is 0 Å². The van der Waals surface area contributed by atoms with Gasteiger partial charge < -0.3 is 10.0 Å². The molecule has 126 valence electrons. The van der Waals surface area contributed by atoms with Gasteiger partial charge in [0.1, 0.15) is 0 Å². The van der Waals surface area contributed by atoms with E-state index in [2.05, 4.69) is 24.8 Å². The molecule has 0 aliphatic carbocycles. The van der Waals surface area contributed by atoms with Gasteiger partial charge in [-0.25, -0.2) is 0 Å². The van der Waals surface area contributed by atoms with E-state index in [0.717, 1.165) is 29.4 Å². The Morgan fingerprint density at radius 3 is 2.30 bits per heavy atom. The number of aliphatic hydroxyl groups excluding tert-OH is 1. The zero-order chi connectivity index (χ0) is 16.7. The van der Waals surface area contributed by atoms with E-state index in [9.17, 15) is 5.11 Å². The van der Waals surface area contributed by atoms with Crippen LogP contribution < -0.4 is 0 Å². The highest BCUT2D eigenvalue weighted by molar-refractivity contribution is 6.32. The van der Waals surface area contributed by atoms with E-state index in [4.69, 9.17) is 11.6 Å². The summed E-state index contributed by atoms with van der Waals surface area (Å²) in [5.41, 5.74) is 0.864. The normalized spacial score (nSPS) is 12.9. The fourth-order valence-corrected chi connectivity index (χ4v) is 3.29. The Balaban J connectivity index is 2.20. The Kier molecular flexibility index (Phi) is 7.35. The molecule has 2 aromatic carbocycles. The van der Waals surface area contributed by atoms with Crippen molar-refractivity contribution in [2.75, 3.05) is 19.6 Å². The molecule has 0 saturated heterocycles. The van der Waals surface area contributed by atoms with Crippen LogP contribution in [-0.4, -0.2) is 29.6 Å². The Morgan fingerprint density at radius 2 is 1.65 bits per heavy atom. The predicted molar refractivity (Wildman–Crippen MR) is 100 cm³/mol. The van der Waals surface area contributed by atoms with Crippen molar-refractivity contribution >= 4 is 22.4 Å². The molecule has 0 amide bonds. The van der Waals surface area contributed by atoms with Crippen molar-refractivity contribution in [3.63, 3.8) is 0 Å². The molecule has 1 unspecified atom stereocenters. The lowest BCUT2D eigenvalue weighted by molar-refractivity contribution is 0.112. The van der Waals surface area contributed by atoms with Gasteiger partial charge in [0.05, 0.1) is 6.10 Å². The first kappa shape index (κ1) is 18.3. The van der Waals surface area contributed by atoms with E-state index >= 15 is 0 Å². The number of unbranched alkanes of at least 4 members (excludes halogenated alkanes) is 2. The molecular weight excluding hydrogens is 306 g/mol. The van der Waals surface area contributed by atoms with E-state index in [1.165, 1.54) is 25.7 Å². The lowest BCUT2D eigenvalue weighted by Crippen LogP contribution is -2.31. The van der Waals surface area contributed by atoms with Gasteiger partial charge in [0.2, 0.25) is 0 Å². The standard InChI is InChI=1S/C20H28ClNO/c1-3-5-13-22(14-6-4-2)15-19(23)20-17-10-8-7-9-16(17)11-12-18(20)21/h7-12,19,23H,3-6,13-15H2,1-2H3. The van der Waals surface area contributed by atoms with E-state index in [1.807, 2.05) is 30.3 Å². The van der Waals surface area contributed by atoms with Crippen molar-refractivity contribution in [2.24, 2.45) is 0 Å². The largest absolute Gasteiger partial charge is 0.387 e. The smallest absolute Gasteiger partial charge is 0.0937 e. The highest BCUT2D eigenvalue weighted by Gasteiger charge is 2.18. The van der Waals surface area contributed by atoms with Crippen molar-refractivity contribution in [3.05, 3.63) is 47.0 Å². The maximum atomic E-state index is 10.8. The lowest BCUT2D eigenvalue weighted by Gasteiger charge is -2.26. The van der Waals surface area contributed by atoms with E-state index < -0.39 is 6.10 Å². The number of fused-ring (bicyclic) bond motifs is 1. The average molecular weight is 334 g/mol. The number of aliphatic hydroxyl groups is 1. The zero-order valence-corrected chi connectivity index (χ0v) is 15.0. The summed E-state index contributed by atoms with van der Waals surface area (Å²) < 4.78 is 0. The number of hydrogen-bond acceptors (Lipinski definition) is 2. The fraction of sp³-hybridized carbons (Fsp3) is 0.500. The summed E-state index contributed by atoms with van der Waals surface area (Å²) in [5, 5.41) is 13.7. The molecule has 0 fully saturated rings. The van der Waals surface area contributed by atoms with Crippen molar-refractivity contribution < 1.29 is 5.11 Å². The maximum absolute atomic E-state index is 10.8. The SMILES string of the molecule is CCCCN(CCCC)CC(O)c1c(Cl)ccc2ccccc12. The van der Waals surface area contributed by atoms with Gasteiger partial charge in [-0.3, -0.25) is 0 Å². The van der Waals surface area contributed by atoms with Gasteiger partial charge in [0.15, 0.2) is 0 Å². The van der Waals surface area contributed by atoms with Crippen molar-refractivity contribution in [1.29, 1.82) is 0 Å².